The zero-order valence-electron chi connectivity index (χ0n) is 14.4. The largest absolute Gasteiger partial charge is 0.497 e. The highest BCUT2D eigenvalue weighted by molar-refractivity contribution is 5.91. The zero-order valence-corrected chi connectivity index (χ0v) is 14.4. The predicted octanol–water partition coefficient (Wildman–Crippen LogP) is 1.33. The van der Waals surface area contributed by atoms with Crippen molar-refractivity contribution in [2.24, 2.45) is 0 Å². The van der Waals surface area contributed by atoms with Crippen molar-refractivity contribution in [3.05, 3.63) is 40.3 Å². The fraction of sp³-hybridized carbons (Fsp3) is 0.412. The van der Waals surface area contributed by atoms with Crippen LogP contribution in [0.4, 0.5) is 11.6 Å². The van der Waals surface area contributed by atoms with Gasteiger partial charge in [-0.25, -0.2) is 0 Å². The molecule has 132 valence electrons. The van der Waals surface area contributed by atoms with Crippen molar-refractivity contribution in [1.29, 1.82) is 0 Å². The lowest BCUT2D eigenvalue weighted by Gasteiger charge is -2.17. The molecule has 8 nitrogen and oxygen atoms in total. The van der Waals surface area contributed by atoms with Gasteiger partial charge in [-0.1, -0.05) is 13.3 Å². The standard InChI is InChI=1S/C17H21N5O3/c1-3-4-9-18-15(23)14-16(24)22-11-10-21(17(22)20-19-14)12-5-7-13(25-2)8-6-12/h5-8H,3-4,9-11H2,1-2H3,(H,18,23). The van der Waals surface area contributed by atoms with Crippen molar-refractivity contribution < 1.29 is 9.53 Å². The van der Waals surface area contributed by atoms with Crippen LogP contribution in [0.25, 0.3) is 0 Å². The zero-order chi connectivity index (χ0) is 17.8. The Bertz CT molecular complexity index is 816. The molecule has 1 amide bonds. The fourth-order valence-electron chi connectivity index (χ4n) is 2.72. The third kappa shape index (κ3) is 3.33. The molecule has 3 rings (SSSR count). The maximum Gasteiger partial charge on any atom is 0.286 e. The van der Waals surface area contributed by atoms with Crippen LogP contribution in [0.3, 0.4) is 0 Å². The minimum absolute atomic E-state index is 0.156. The molecular formula is C17H21N5O3. The Hall–Kier alpha value is -2.90. The molecule has 0 radical (unpaired) electrons. The summed E-state index contributed by atoms with van der Waals surface area (Å²) in [5.41, 5.74) is 0.326. The van der Waals surface area contributed by atoms with Crippen LogP contribution in [0.5, 0.6) is 5.75 Å². The lowest BCUT2D eigenvalue weighted by molar-refractivity contribution is 0.0944. The maximum atomic E-state index is 12.6. The molecule has 1 aromatic carbocycles. The minimum Gasteiger partial charge on any atom is -0.497 e. The molecule has 0 saturated heterocycles. The van der Waals surface area contributed by atoms with Gasteiger partial charge in [-0.3, -0.25) is 14.2 Å². The average Bonchev–Trinajstić information content (AvgIpc) is 3.07. The number of aromatic nitrogens is 3. The van der Waals surface area contributed by atoms with Crippen LogP contribution >= 0.6 is 0 Å². The first kappa shape index (κ1) is 16.9. The van der Waals surface area contributed by atoms with Gasteiger partial charge in [-0.2, -0.15) is 0 Å². The summed E-state index contributed by atoms with van der Waals surface area (Å²) in [4.78, 5) is 26.6. The summed E-state index contributed by atoms with van der Waals surface area (Å²) in [6, 6.07) is 7.48. The number of nitrogens with one attached hydrogen (secondary N) is 1. The van der Waals surface area contributed by atoms with Crippen molar-refractivity contribution in [2.75, 3.05) is 25.1 Å². The summed E-state index contributed by atoms with van der Waals surface area (Å²) in [6.07, 6.45) is 1.82. The van der Waals surface area contributed by atoms with Crippen molar-refractivity contribution in [3.63, 3.8) is 0 Å². The predicted molar refractivity (Wildman–Crippen MR) is 93.5 cm³/mol. The van der Waals surface area contributed by atoms with Crippen molar-refractivity contribution in [3.8, 4) is 5.75 Å². The Kier molecular flexibility index (Phi) is 4.97. The normalized spacial score (nSPS) is 12.8. The number of carbonyl (C=O) groups is 1. The van der Waals surface area contributed by atoms with Crippen LogP contribution in [0.15, 0.2) is 29.1 Å². The first-order valence-corrected chi connectivity index (χ1v) is 8.33. The number of benzene rings is 1. The quantitative estimate of drug-likeness (QED) is 0.796. The number of carbonyl (C=O) groups excluding carboxylic acids is 1. The van der Waals surface area contributed by atoms with E-state index in [1.165, 1.54) is 4.57 Å². The van der Waals surface area contributed by atoms with Crippen LogP contribution in [0, 0.1) is 0 Å². The van der Waals surface area contributed by atoms with E-state index in [9.17, 15) is 9.59 Å². The highest BCUT2D eigenvalue weighted by Crippen LogP contribution is 2.27. The number of rotatable bonds is 6. The molecule has 1 aliphatic rings. The van der Waals surface area contributed by atoms with Crippen molar-refractivity contribution in [1.82, 2.24) is 20.1 Å². The number of hydrogen-bond acceptors (Lipinski definition) is 6. The van der Waals surface area contributed by atoms with Gasteiger partial charge in [-0.05, 0) is 30.7 Å². The summed E-state index contributed by atoms with van der Waals surface area (Å²) in [6.45, 7) is 3.61. The van der Waals surface area contributed by atoms with Gasteiger partial charge in [0.15, 0.2) is 0 Å². The topological polar surface area (TPSA) is 89.3 Å². The van der Waals surface area contributed by atoms with Gasteiger partial charge >= 0.3 is 0 Å². The molecule has 0 aliphatic carbocycles. The van der Waals surface area contributed by atoms with Gasteiger partial charge in [0.05, 0.1) is 7.11 Å². The van der Waals surface area contributed by atoms with E-state index in [0.29, 0.717) is 25.6 Å². The number of fused-ring (bicyclic) bond motifs is 1. The lowest BCUT2D eigenvalue weighted by atomic mass is 10.3. The number of nitrogens with zero attached hydrogens (tertiary/aromatic N) is 4. The second-order valence-corrected chi connectivity index (χ2v) is 5.76. The number of methoxy groups -OCH3 is 1. The first-order valence-electron chi connectivity index (χ1n) is 8.33. The molecule has 0 spiro atoms. The molecule has 25 heavy (non-hydrogen) atoms. The van der Waals surface area contributed by atoms with Crippen LogP contribution in [-0.4, -0.2) is 40.9 Å². The molecule has 2 aromatic rings. The van der Waals surface area contributed by atoms with Crippen LogP contribution in [0.1, 0.15) is 30.3 Å². The summed E-state index contributed by atoms with van der Waals surface area (Å²) >= 11 is 0. The molecule has 0 unspecified atom stereocenters. The lowest BCUT2D eigenvalue weighted by Crippen LogP contribution is -2.35. The van der Waals surface area contributed by atoms with Gasteiger partial charge in [0.2, 0.25) is 11.6 Å². The summed E-state index contributed by atoms with van der Waals surface area (Å²) < 4.78 is 6.65. The third-order valence-electron chi connectivity index (χ3n) is 4.13. The van der Waals surface area contributed by atoms with Gasteiger partial charge in [0.25, 0.3) is 11.5 Å². The van der Waals surface area contributed by atoms with Crippen LogP contribution in [-0.2, 0) is 6.54 Å². The van der Waals surface area contributed by atoms with E-state index in [-0.39, 0.29) is 5.69 Å². The fourth-order valence-corrected chi connectivity index (χ4v) is 2.72. The van der Waals surface area contributed by atoms with E-state index < -0.39 is 11.5 Å². The highest BCUT2D eigenvalue weighted by atomic mass is 16.5. The van der Waals surface area contributed by atoms with E-state index in [2.05, 4.69) is 15.5 Å². The van der Waals surface area contributed by atoms with E-state index >= 15 is 0 Å². The maximum absolute atomic E-state index is 12.6. The number of hydrogen-bond donors (Lipinski definition) is 1. The van der Waals surface area contributed by atoms with E-state index in [1.54, 1.807) is 7.11 Å². The van der Waals surface area contributed by atoms with Gasteiger partial charge in [-0.15, -0.1) is 10.2 Å². The highest BCUT2D eigenvalue weighted by Gasteiger charge is 2.27. The SMILES string of the molecule is CCCCNC(=O)c1nnc2n(c1=O)CCN2c1ccc(OC)cc1. The van der Waals surface area contributed by atoms with Gasteiger partial charge in [0, 0.05) is 25.3 Å². The Morgan fingerprint density at radius 3 is 2.68 bits per heavy atom. The number of unbranched alkanes of at least 4 members (excludes halogenated alkanes) is 1. The Balaban J connectivity index is 1.85. The summed E-state index contributed by atoms with van der Waals surface area (Å²) in [5, 5.41) is 10.7. The number of anilines is 2. The molecule has 1 aromatic heterocycles. The molecular weight excluding hydrogens is 322 g/mol. The monoisotopic (exact) mass is 343 g/mol. The van der Waals surface area contributed by atoms with Gasteiger partial charge in [0.1, 0.15) is 5.75 Å². The van der Waals surface area contributed by atoms with Crippen molar-refractivity contribution in [2.45, 2.75) is 26.3 Å². The number of ether oxygens (including phenoxy) is 1. The summed E-state index contributed by atoms with van der Waals surface area (Å²) in [5.74, 6) is 0.731. The minimum atomic E-state index is -0.468. The van der Waals surface area contributed by atoms with Crippen molar-refractivity contribution >= 4 is 17.5 Å². The van der Waals surface area contributed by atoms with E-state index in [4.69, 9.17) is 4.74 Å². The molecule has 0 fully saturated rings. The first-order chi connectivity index (χ1) is 12.2. The average molecular weight is 343 g/mol. The molecule has 2 heterocycles. The Morgan fingerprint density at radius 1 is 1.24 bits per heavy atom. The second-order valence-electron chi connectivity index (χ2n) is 5.76. The second kappa shape index (κ2) is 7.33. The van der Waals surface area contributed by atoms with E-state index in [0.717, 1.165) is 24.3 Å². The van der Waals surface area contributed by atoms with Gasteiger partial charge < -0.3 is 15.0 Å². The molecule has 0 bridgehead atoms. The molecule has 1 N–H and O–H groups in total. The number of amides is 1. The van der Waals surface area contributed by atoms with Crippen LogP contribution in [0.2, 0.25) is 0 Å². The smallest absolute Gasteiger partial charge is 0.286 e. The molecule has 0 saturated carbocycles. The molecule has 0 atom stereocenters. The summed E-state index contributed by atoms with van der Waals surface area (Å²) in [7, 11) is 1.61. The van der Waals surface area contributed by atoms with Crippen LogP contribution < -0.4 is 20.5 Å². The van der Waals surface area contributed by atoms with E-state index in [1.807, 2.05) is 36.1 Å². The third-order valence-corrected chi connectivity index (χ3v) is 4.13. The molecule has 8 heteroatoms. The molecule has 1 aliphatic heterocycles. The Morgan fingerprint density at radius 2 is 2.00 bits per heavy atom. The Labute approximate surface area is 145 Å².